The van der Waals surface area contributed by atoms with Crippen LogP contribution in [0.5, 0.6) is 5.75 Å². The van der Waals surface area contributed by atoms with Crippen LogP contribution >= 0.6 is 0 Å². The molecule has 7 N–H and O–H groups in total. The van der Waals surface area contributed by atoms with E-state index in [1.807, 2.05) is 0 Å². The van der Waals surface area contributed by atoms with Crippen molar-refractivity contribution in [3.63, 3.8) is 0 Å². The van der Waals surface area contributed by atoms with Crippen LogP contribution in [0.4, 0.5) is 0 Å². The molecule has 1 heterocycles. The summed E-state index contributed by atoms with van der Waals surface area (Å²) in [5, 5.41) is 25.3. The van der Waals surface area contributed by atoms with Crippen molar-refractivity contribution < 1.29 is 91.1 Å². The number of ether oxygens (including phenoxy) is 6. The van der Waals surface area contributed by atoms with Gasteiger partial charge in [-0.1, -0.05) is 123 Å². The van der Waals surface area contributed by atoms with Gasteiger partial charge in [0.25, 0.3) is 35.4 Å². The summed E-state index contributed by atoms with van der Waals surface area (Å²) in [4.78, 5) is 168. The van der Waals surface area contributed by atoms with Gasteiger partial charge in [0.2, 0.25) is 0 Å². The summed E-state index contributed by atoms with van der Waals surface area (Å²) >= 11 is 0. The molecule has 6 amide bonds. The van der Waals surface area contributed by atoms with Crippen molar-refractivity contribution in [2.45, 2.75) is 230 Å². The number of nitrogens with one attached hydrogen (secondary N) is 6. The van der Waals surface area contributed by atoms with Crippen LogP contribution in [-0.2, 0) is 92.4 Å². The Bertz CT molecular complexity index is 2500. The molecule has 0 bridgehead atoms. The minimum Gasteiger partial charge on any atom is -0.508 e. The van der Waals surface area contributed by atoms with E-state index in [1.54, 1.807) is 111 Å². The number of hydrogen-bond donors (Lipinski definition) is 7. The minimum atomic E-state index is -1.63. The number of cyclic esters (lactones) is 6. The van der Waals surface area contributed by atoms with E-state index in [0.717, 1.165) is 0 Å². The Hall–Kier alpha value is -7.34. The average Bonchev–Trinajstić information content (AvgIpc) is 3.61. The first kappa shape index (κ1) is 74.8. The number of aromatic hydroxyl groups is 1. The Balaban J connectivity index is 2.77. The Labute approximate surface area is 505 Å². The van der Waals surface area contributed by atoms with Crippen molar-refractivity contribution in [3.8, 4) is 5.75 Å². The van der Waals surface area contributed by atoms with E-state index in [2.05, 4.69) is 31.9 Å². The van der Waals surface area contributed by atoms with Gasteiger partial charge in [-0.25, -0.2) is 28.8 Å². The zero-order valence-electron chi connectivity index (χ0n) is 53.5. The molecule has 0 aliphatic carbocycles. The summed E-state index contributed by atoms with van der Waals surface area (Å²) in [5.74, 6) is -16.3. The lowest BCUT2D eigenvalue weighted by atomic mass is 10.0. The largest absolute Gasteiger partial charge is 0.508 e. The van der Waals surface area contributed by atoms with Gasteiger partial charge in [0.15, 0.2) is 36.6 Å². The van der Waals surface area contributed by atoms with Gasteiger partial charge < -0.3 is 65.4 Å². The maximum atomic E-state index is 14.3. The first-order chi connectivity index (χ1) is 39.8. The third kappa shape index (κ3) is 24.2. The SMILES string of the molecule is CC(C)C[C@H]1OC(=O)[C@H](Cc2ccc(O)cc2)NC(=O)[C@H](C)OC(=O)[C@@H](C(C)C)NC(=O)[C@@H](CC(C)C)OC(=O)[C@H](C(C)C)NC(=O)[C@H](C)OC(=O)[C@@H](C(C)C)NC(=O)[C@@H](CC(C)C)OC(=O)[C@H](C(C)C)NC(=O)[C@H](C)OC(=O)[C@@H](C(C)C)NC1=O. The molecule has 1 fully saturated rings. The standard InChI is InChI=1S/C61H96N6O19/c1-28(2)24-42-53(72)65-46(32(9)10)58(77)82-37(18)51(70)63-49(35(15)16)61(80)86-44(26-30(5)6)55(74)67-47(33(11)12)59(78)83-38(19)52(71)64-48(34(13)14)60(79)85-43(25-29(3)4)54(73)66-45(31(7)8)57(76)81-36(17)50(69)62-41(56(75)84-42)27-39-20-22-40(68)23-21-39/h20-23,28-38,41-49,68H,24-27H2,1-19H3,(H,62,69)(H,63,70)(H,64,71)(H,65,72)(H,66,73)(H,67,74)/t36-,37-,38-,41-,42+,43+,44+,45+,46+,47+,48-,49-/m0/s1. The third-order valence-electron chi connectivity index (χ3n) is 13.8. The number of rotatable bonds is 13. The van der Waals surface area contributed by atoms with Crippen molar-refractivity contribution in [2.75, 3.05) is 0 Å². The van der Waals surface area contributed by atoms with E-state index in [4.69, 9.17) is 28.4 Å². The second-order valence-corrected chi connectivity index (χ2v) is 25.0. The Morgan fingerprint density at radius 2 is 0.570 bits per heavy atom. The van der Waals surface area contributed by atoms with Crippen molar-refractivity contribution in [2.24, 2.45) is 47.3 Å². The van der Waals surface area contributed by atoms with Crippen LogP contribution in [0.3, 0.4) is 0 Å². The topological polar surface area (TPSA) is 353 Å². The molecule has 1 aromatic rings. The zero-order valence-corrected chi connectivity index (χ0v) is 53.5. The number of esters is 6. The van der Waals surface area contributed by atoms with Crippen LogP contribution in [0.25, 0.3) is 0 Å². The fourth-order valence-corrected chi connectivity index (χ4v) is 8.58. The summed E-state index contributed by atoms with van der Waals surface area (Å²) in [5.41, 5.74) is 0.417. The number of phenols is 1. The third-order valence-corrected chi connectivity index (χ3v) is 13.8. The molecule has 0 spiro atoms. The molecule has 0 aromatic heterocycles. The average molecular weight is 1220 g/mol. The van der Waals surface area contributed by atoms with E-state index >= 15 is 0 Å². The van der Waals surface area contributed by atoms with E-state index in [-0.39, 0.29) is 49.2 Å². The van der Waals surface area contributed by atoms with Gasteiger partial charge in [-0.2, -0.15) is 0 Å². The molecule has 25 nitrogen and oxygen atoms in total. The Kier molecular flexibility index (Phi) is 30.2. The highest BCUT2D eigenvalue weighted by atomic mass is 16.6. The van der Waals surface area contributed by atoms with Crippen LogP contribution in [-0.4, -0.2) is 149 Å². The molecule has 86 heavy (non-hydrogen) atoms. The second kappa shape index (κ2) is 34.7. The molecular formula is C61H96N6O19. The quantitative estimate of drug-likeness (QED) is 0.109. The molecule has 25 heteroatoms. The first-order valence-corrected chi connectivity index (χ1v) is 29.7. The molecular weight excluding hydrogens is 1120 g/mol. The summed E-state index contributed by atoms with van der Waals surface area (Å²) in [7, 11) is 0. The highest BCUT2D eigenvalue weighted by Crippen LogP contribution is 2.21. The minimum absolute atomic E-state index is 0.0456. The second-order valence-electron chi connectivity index (χ2n) is 25.0. The molecule has 1 saturated heterocycles. The first-order valence-electron chi connectivity index (χ1n) is 29.7. The monoisotopic (exact) mass is 1220 g/mol. The molecule has 1 aromatic carbocycles. The normalized spacial score (nSPS) is 27.2. The molecule has 0 saturated carbocycles. The molecule has 12 atom stereocenters. The van der Waals surface area contributed by atoms with Gasteiger partial charge in [0.05, 0.1) is 0 Å². The zero-order chi connectivity index (χ0) is 65.8. The smallest absolute Gasteiger partial charge is 0.329 e. The van der Waals surface area contributed by atoms with Crippen molar-refractivity contribution in [1.29, 1.82) is 0 Å². The molecule has 0 radical (unpaired) electrons. The van der Waals surface area contributed by atoms with Gasteiger partial charge in [-0.05, 0) is 105 Å². The Morgan fingerprint density at radius 1 is 0.337 bits per heavy atom. The van der Waals surface area contributed by atoms with E-state index in [1.165, 1.54) is 45.0 Å². The number of phenolic OH excluding ortho intramolecular Hbond substituents is 1. The number of hydrogen-bond acceptors (Lipinski definition) is 19. The van der Waals surface area contributed by atoms with Crippen LogP contribution in [0.15, 0.2) is 24.3 Å². The maximum absolute atomic E-state index is 14.3. The van der Waals surface area contributed by atoms with E-state index < -0.39 is 174 Å². The number of benzene rings is 1. The van der Waals surface area contributed by atoms with E-state index in [9.17, 15) is 62.6 Å². The van der Waals surface area contributed by atoms with Gasteiger partial charge >= 0.3 is 35.8 Å². The van der Waals surface area contributed by atoms with Crippen LogP contribution in [0, 0.1) is 47.3 Å². The highest BCUT2D eigenvalue weighted by Gasteiger charge is 2.41. The summed E-state index contributed by atoms with van der Waals surface area (Å²) in [6.45, 7) is 30.0. The summed E-state index contributed by atoms with van der Waals surface area (Å²) in [6.07, 6.45) is -9.87. The van der Waals surface area contributed by atoms with Gasteiger partial charge in [0.1, 0.15) is 42.0 Å². The Morgan fingerprint density at radius 3 is 0.826 bits per heavy atom. The lowest BCUT2D eigenvalue weighted by molar-refractivity contribution is -0.166. The van der Waals surface area contributed by atoms with E-state index in [0.29, 0.717) is 5.56 Å². The molecule has 2 rings (SSSR count). The van der Waals surface area contributed by atoms with Crippen LogP contribution in [0.2, 0.25) is 0 Å². The fourth-order valence-electron chi connectivity index (χ4n) is 8.58. The van der Waals surface area contributed by atoms with Gasteiger partial charge in [-0.3, -0.25) is 28.8 Å². The summed E-state index contributed by atoms with van der Waals surface area (Å²) < 4.78 is 34.0. The highest BCUT2D eigenvalue weighted by molar-refractivity contribution is 5.95. The molecule has 1 aliphatic heterocycles. The van der Waals surface area contributed by atoms with Crippen molar-refractivity contribution in [1.82, 2.24) is 31.9 Å². The number of carbonyl (C=O) groups excluding carboxylic acids is 12. The summed E-state index contributed by atoms with van der Waals surface area (Å²) in [6, 6.07) is -3.04. The van der Waals surface area contributed by atoms with Gasteiger partial charge in [-0.15, -0.1) is 0 Å². The van der Waals surface area contributed by atoms with Crippen molar-refractivity contribution in [3.05, 3.63) is 29.8 Å². The maximum Gasteiger partial charge on any atom is 0.329 e. The molecule has 1 aliphatic rings. The van der Waals surface area contributed by atoms with Gasteiger partial charge in [0, 0.05) is 6.42 Å². The predicted molar refractivity (Wildman–Crippen MR) is 312 cm³/mol. The number of amides is 6. The molecule has 484 valence electrons. The fraction of sp³-hybridized carbons (Fsp3) is 0.705. The predicted octanol–water partition coefficient (Wildman–Crippen LogP) is 3.81. The van der Waals surface area contributed by atoms with Crippen molar-refractivity contribution >= 4 is 71.3 Å². The number of carbonyl (C=O) groups is 12. The van der Waals surface area contributed by atoms with Crippen LogP contribution < -0.4 is 31.9 Å². The lowest BCUT2D eigenvalue weighted by Gasteiger charge is -2.29. The van der Waals surface area contributed by atoms with Crippen LogP contribution in [0.1, 0.15) is 156 Å². The lowest BCUT2D eigenvalue weighted by Crippen LogP contribution is -2.55. The molecule has 0 unspecified atom stereocenters.